The molecule has 0 saturated heterocycles. The zero-order valence-electron chi connectivity index (χ0n) is 10.1. The smallest absolute Gasteiger partial charge is 0.120 e. The Hall–Kier alpha value is -1.03. The Morgan fingerprint density at radius 1 is 1.59 bits per heavy atom. The Morgan fingerprint density at radius 3 is 2.94 bits per heavy atom. The Kier molecular flexibility index (Phi) is 6.05. The van der Waals surface area contributed by atoms with Crippen molar-refractivity contribution < 1.29 is 4.74 Å². The maximum absolute atomic E-state index is 5.87. The maximum atomic E-state index is 5.87. The second-order valence-corrected chi connectivity index (χ2v) is 4.38. The molecule has 0 aliphatic heterocycles. The fourth-order valence-electron chi connectivity index (χ4n) is 1.41. The van der Waals surface area contributed by atoms with Gasteiger partial charge in [0.25, 0.3) is 0 Å². The zero-order valence-corrected chi connectivity index (χ0v) is 10.8. The number of hydrogen-bond acceptors (Lipinski definition) is 3. The molecule has 0 saturated carbocycles. The molecule has 1 rings (SSSR count). The lowest BCUT2D eigenvalue weighted by Gasteiger charge is -2.17. The highest BCUT2D eigenvalue weighted by Crippen LogP contribution is 2.17. The van der Waals surface area contributed by atoms with Gasteiger partial charge in [-0.1, -0.05) is 36.7 Å². The van der Waals surface area contributed by atoms with E-state index in [4.69, 9.17) is 22.2 Å². The van der Waals surface area contributed by atoms with E-state index in [0.29, 0.717) is 11.6 Å². The molecule has 0 aliphatic carbocycles. The number of nitrogens with two attached hydrogens (primary N) is 1. The van der Waals surface area contributed by atoms with Gasteiger partial charge in [-0.05, 0) is 31.0 Å². The first-order chi connectivity index (χ1) is 8.15. The highest BCUT2D eigenvalue weighted by atomic mass is 35.5. The highest BCUT2D eigenvalue weighted by Gasteiger charge is 2.08. The minimum absolute atomic E-state index is 0.0708. The first-order valence-electron chi connectivity index (χ1n) is 5.66. The van der Waals surface area contributed by atoms with E-state index in [1.807, 2.05) is 18.2 Å². The average molecular weight is 255 g/mol. The lowest BCUT2D eigenvalue weighted by Crippen LogP contribution is -2.39. The van der Waals surface area contributed by atoms with Crippen LogP contribution < -0.4 is 16.0 Å². The van der Waals surface area contributed by atoms with Gasteiger partial charge in [0.1, 0.15) is 12.4 Å². The molecule has 0 bridgehead atoms. The van der Waals surface area contributed by atoms with E-state index in [1.54, 1.807) is 6.07 Å². The minimum atomic E-state index is 0.0708. The van der Waals surface area contributed by atoms with Crippen LogP contribution in [0.3, 0.4) is 0 Å². The summed E-state index contributed by atoms with van der Waals surface area (Å²) in [5.41, 5.74) is 3.89. The molecule has 0 amide bonds. The molecule has 4 heteroatoms. The second kappa shape index (κ2) is 7.33. The van der Waals surface area contributed by atoms with Gasteiger partial charge in [-0.15, -0.1) is 0 Å². The van der Waals surface area contributed by atoms with E-state index < -0.39 is 0 Å². The summed E-state index contributed by atoms with van der Waals surface area (Å²) in [6, 6.07) is 7.39. The van der Waals surface area contributed by atoms with Crippen molar-refractivity contribution in [3.8, 4) is 5.75 Å². The van der Waals surface area contributed by atoms with E-state index in [1.165, 1.54) is 0 Å². The molecule has 17 heavy (non-hydrogen) atoms. The van der Waals surface area contributed by atoms with Gasteiger partial charge in [-0.25, -0.2) is 0 Å². The summed E-state index contributed by atoms with van der Waals surface area (Å²) >= 11 is 5.87. The Balaban J connectivity index is 2.44. The van der Waals surface area contributed by atoms with Crippen LogP contribution in [-0.4, -0.2) is 12.6 Å². The second-order valence-electron chi connectivity index (χ2n) is 3.94. The SMILES string of the molecule is C=C(CC)CC(COc1cccc(Cl)c1)NN. The number of ether oxygens (including phenoxy) is 1. The molecule has 3 N–H and O–H groups in total. The summed E-state index contributed by atoms with van der Waals surface area (Å²) in [6.45, 7) is 6.53. The fourth-order valence-corrected chi connectivity index (χ4v) is 1.59. The van der Waals surface area contributed by atoms with E-state index in [9.17, 15) is 0 Å². The van der Waals surface area contributed by atoms with Crippen LogP contribution in [0.4, 0.5) is 0 Å². The predicted octanol–water partition coefficient (Wildman–Crippen LogP) is 2.91. The van der Waals surface area contributed by atoms with Crippen molar-refractivity contribution in [3.05, 3.63) is 41.4 Å². The molecule has 1 aromatic carbocycles. The molecule has 1 unspecified atom stereocenters. The third-order valence-corrected chi connectivity index (χ3v) is 2.75. The van der Waals surface area contributed by atoms with E-state index in [0.717, 1.165) is 24.2 Å². The zero-order chi connectivity index (χ0) is 12.7. The first-order valence-corrected chi connectivity index (χ1v) is 6.04. The lowest BCUT2D eigenvalue weighted by atomic mass is 10.1. The monoisotopic (exact) mass is 254 g/mol. The van der Waals surface area contributed by atoms with E-state index in [-0.39, 0.29) is 6.04 Å². The predicted molar refractivity (Wildman–Crippen MR) is 72.1 cm³/mol. The van der Waals surface area contributed by atoms with Gasteiger partial charge in [0, 0.05) is 5.02 Å². The van der Waals surface area contributed by atoms with Gasteiger partial charge in [0.15, 0.2) is 0 Å². The number of nitrogens with one attached hydrogen (secondary N) is 1. The van der Waals surface area contributed by atoms with Crippen LogP contribution in [0.2, 0.25) is 5.02 Å². The molecule has 0 heterocycles. The van der Waals surface area contributed by atoms with Crippen molar-refractivity contribution in [1.29, 1.82) is 0 Å². The minimum Gasteiger partial charge on any atom is -0.492 e. The van der Waals surface area contributed by atoms with Crippen LogP contribution in [0.15, 0.2) is 36.4 Å². The lowest BCUT2D eigenvalue weighted by molar-refractivity contribution is 0.263. The molecular formula is C13H19ClN2O. The van der Waals surface area contributed by atoms with Gasteiger partial charge in [0.2, 0.25) is 0 Å². The van der Waals surface area contributed by atoms with E-state index >= 15 is 0 Å². The molecule has 0 radical (unpaired) electrons. The molecule has 0 aromatic heterocycles. The molecule has 0 fully saturated rings. The molecule has 0 spiro atoms. The van der Waals surface area contributed by atoms with Gasteiger partial charge in [-0.3, -0.25) is 11.3 Å². The largest absolute Gasteiger partial charge is 0.492 e. The molecule has 1 aromatic rings. The Morgan fingerprint density at radius 2 is 2.35 bits per heavy atom. The summed E-state index contributed by atoms with van der Waals surface area (Å²) < 4.78 is 5.62. The molecular weight excluding hydrogens is 236 g/mol. The van der Waals surface area contributed by atoms with Crippen LogP contribution in [0.1, 0.15) is 19.8 Å². The Labute approximate surface area is 108 Å². The van der Waals surface area contributed by atoms with Gasteiger partial charge >= 0.3 is 0 Å². The summed E-state index contributed by atoms with van der Waals surface area (Å²) in [4.78, 5) is 0. The van der Waals surface area contributed by atoms with Crippen molar-refractivity contribution in [3.63, 3.8) is 0 Å². The molecule has 0 aliphatic rings. The number of hydrazine groups is 1. The molecule has 3 nitrogen and oxygen atoms in total. The van der Waals surface area contributed by atoms with Gasteiger partial charge in [0.05, 0.1) is 6.04 Å². The fraction of sp³-hybridized carbons (Fsp3) is 0.385. The highest BCUT2D eigenvalue weighted by molar-refractivity contribution is 6.30. The van der Waals surface area contributed by atoms with Crippen molar-refractivity contribution >= 4 is 11.6 Å². The van der Waals surface area contributed by atoms with Crippen molar-refractivity contribution in [2.45, 2.75) is 25.8 Å². The molecule has 1 atom stereocenters. The standard InChI is InChI=1S/C13H19ClN2O/c1-3-10(2)7-12(16-15)9-17-13-6-4-5-11(14)8-13/h4-6,8,12,16H,2-3,7,9,15H2,1H3. The normalized spacial score (nSPS) is 12.2. The Bertz CT molecular complexity index is 368. The van der Waals surface area contributed by atoms with Crippen LogP contribution >= 0.6 is 11.6 Å². The van der Waals surface area contributed by atoms with Crippen LogP contribution in [0.25, 0.3) is 0 Å². The quantitative estimate of drug-likeness (QED) is 0.447. The van der Waals surface area contributed by atoms with Crippen LogP contribution in [-0.2, 0) is 0 Å². The molecule has 94 valence electrons. The first kappa shape index (κ1) is 14.0. The third-order valence-electron chi connectivity index (χ3n) is 2.52. The van der Waals surface area contributed by atoms with Crippen LogP contribution in [0, 0.1) is 0 Å². The van der Waals surface area contributed by atoms with E-state index in [2.05, 4.69) is 18.9 Å². The van der Waals surface area contributed by atoms with Crippen molar-refractivity contribution in [1.82, 2.24) is 5.43 Å². The summed E-state index contributed by atoms with van der Waals surface area (Å²) in [6.07, 6.45) is 1.77. The number of halogens is 1. The van der Waals surface area contributed by atoms with Crippen molar-refractivity contribution in [2.75, 3.05) is 6.61 Å². The number of benzene rings is 1. The number of rotatable bonds is 7. The van der Waals surface area contributed by atoms with Gasteiger partial charge < -0.3 is 4.74 Å². The average Bonchev–Trinajstić information content (AvgIpc) is 2.34. The van der Waals surface area contributed by atoms with Crippen molar-refractivity contribution in [2.24, 2.45) is 5.84 Å². The van der Waals surface area contributed by atoms with Gasteiger partial charge in [-0.2, -0.15) is 0 Å². The summed E-state index contributed by atoms with van der Waals surface area (Å²) in [7, 11) is 0. The summed E-state index contributed by atoms with van der Waals surface area (Å²) in [5, 5.41) is 0.665. The topological polar surface area (TPSA) is 47.3 Å². The maximum Gasteiger partial charge on any atom is 0.120 e. The van der Waals surface area contributed by atoms with Crippen LogP contribution in [0.5, 0.6) is 5.75 Å². The third kappa shape index (κ3) is 5.22. The summed E-state index contributed by atoms with van der Waals surface area (Å²) in [5.74, 6) is 6.22. The number of hydrogen-bond donors (Lipinski definition) is 2.